The van der Waals surface area contributed by atoms with Crippen molar-refractivity contribution in [2.75, 3.05) is 5.32 Å². The van der Waals surface area contributed by atoms with E-state index in [2.05, 4.69) is 25.4 Å². The van der Waals surface area contributed by atoms with Gasteiger partial charge in [0.15, 0.2) is 0 Å². The zero-order chi connectivity index (χ0) is 17.1. The molecule has 25 heavy (non-hydrogen) atoms. The molecule has 1 unspecified atom stereocenters. The first-order chi connectivity index (χ1) is 12.3. The molecule has 1 aromatic carbocycles. The van der Waals surface area contributed by atoms with E-state index in [-0.39, 0.29) is 11.9 Å². The number of aromatic nitrogens is 3. The second kappa shape index (κ2) is 6.86. The van der Waals surface area contributed by atoms with Crippen molar-refractivity contribution in [1.82, 2.24) is 20.1 Å². The van der Waals surface area contributed by atoms with Crippen molar-refractivity contribution in [3.8, 4) is 0 Å². The summed E-state index contributed by atoms with van der Waals surface area (Å²) in [5.74, 6) is 1.17. The highest BCUT2D eigenvalue weighted by molar-refractivity contribution is 5.90. The quantitative estimate of drug-likeness (QED) is 0.898. The number of fused-ring (bicyclic) bond motifs is 1. The van der Waals surface area contributed by atoms with Crippen LogP contribution in [-0.2, 0) is 17.8 Å². The Hall–Kier alpha value is -2.37. The number of hydrogen-bond donors (Lipinski definition) is 2. The lowest BCUT2D eigenvalue weighted by molar-refractivity contribution is -0.126. The lowest BCUT2D eigenvalue weighted by atomic mass is 9.94. The maximum absolute atomic E-state index is 13.2. The smallest absolute Gasteiger partial charge is 0.245 e. The van der Waals surface area contributed by atoms with Gasteiger partial charge < -0.3 is 15.2 Å². The number of para-hydroxylation sites is 1. The molecule has 1 atom stereocenters. The minimum atomic E-state index is -0.469. The predicted molar refractivity (Wildman–Crippen MR) is 96.2 cm³/mol. The van der Waals surface area contributed by atoms with Gasteiger partial charge in [0.25, 0.3) is 0 Å². The standard InChI is InChI=1S/C19H25N5O/c25-18(21-15-8-9-17-23-20-14-24(17)13-10-15)19(11-4-5-12-19)22-16-6-2-1-3-7-16/h1-3,6-7,14-15,22H,4-5,8-13H2,(H,21,25). The van der Waals surface area contributed by atoms with Crippen LogP contribution in [0.3, 0.4) is 0 Å². The molecule has 0 bridgehead atoms. The van der Waals surface area contributed by atoms with Gasteiger partial charge in [-0.25, -0.2) is 0 Å². The molecule has 1 aromatic heterocycles. The summed E-state index contributed by atoms with van der Waals surface area (Å²) in [5.41, 5.74) is 0.551. The van der Waals surface area contributed by atoms with E-state index in [1.54, 1.807) is 6.33 Å². The van der Waals surface area contributed by atoms with Crippen molar-refractivity contribution in [3.05, 3.63) is 42.5 Å². The zero-order valence-corrected chi connectivity index (χ0v) is 14.4. The Bertz CT molecular complexity index is 698. The third kappa shape index (κ3) is 3.38. The summed E-state index contributed by atoms with van der Waals surface area (Å²) in [6.07, 6.45) is 8.48. The fourth-order valence-electron chi connectivity index (χ4n) is 4.05. The minimum Gasteiger partial charge on any atom is -0.371 e. The lowest BCUT2D eigenvalue weighted by Gasteiger charge is -2.32. The van der Waals surface area contributed by atoms with Crippen LogP contribution in [0.4, 0.5) is 5.69 Å². The number of nitrogens with one attached hydrogen (secondary N) is 2. The molecular formula is C19H25N5O. The molecule has 2 heterocycles. The van der Waals surface area contributed by atoms with E-state index in [4.69, 9.17) is 0 Å². The summed E-state index contributed by atoms with van der Waals surface area (Å²) in [6, 6.07) is 10.3. The highest BCUT2D eigenvalue weighted by atomic mass is 16.2. The fraction of sp³-hybridized carbons (Fsp3) is 0.526. The molecule has 0 radical (unpaired) electrons. The van der Waals surface area contributed by atoms with Crippen LogP contribution in [0.15, 0.2) is 36.7 Å². The van der Waals surface area contributed by atoms with E-state index >= 15 is 0 Å². The van der Waals surface area contributed by atoms with Gasteiger partial charge in [-0.05, 0) is 37.8 Å². The minimum absolute atomic E-state index is 0.150. The summed E-state index contributed by atoms with van der Waals surface area (Å²) in [4.78, 5) is 13.2. The van der Waals surface area contributed by atoms with Crippen molar-refractivity contribution in [3.63, 3.8) is 0 Å². The second-order valence-electron chi connectivity index (χ2n) is 7.22. The molecule has 1 fully saturated rings. The molecule has 2 N–H and O–H groups in total. The molecule has 0 spiro atoms. The fourth-order valence-corrected chi connectivity index (χ4v) is 4.05. The molecule has 1 saturated carbocycles. The van der Waals surface area contributed by atoms with Crippen molar-refractivity contribution in [2.45, 2.75) is 63.1 Å². The number of aryl methyl sites for hydroxylation is 2. The first-order valence-corrected chi connectivity index (χ1v) is 9.26. The van der Waals surface area contributed by atoms with Crippen molar-refractivity contribution in [1.29, 1.82) is 0 Å². The summed E-state index contributed by atoms with van der Waals surface area (Å²) in [6.45, 7) is 0.867. The van der Waals surface area contributed by atoms with Gasteiger partial charge in [-0.3, -0.25) is 4.79 Å². The average Bonchev–Trinajstić information content (AvgIpc) is 3.25. The summed E-state index contributed by atoms with van der Waals surface area (Å²) >= 11 is 0. The second-order valence-corrected chi connectivity index (χ2v) is 7.22. The predicted octanol–water partition coefficient (Wildman–Crippen LogP) is 2.52. The van der Waals surface area contributed by atoms with E-state index in [0.29, 0.717) is 0 Å². The van der Waals surface area contributed by atoms with Gasteiger partial charge in [-0.1, -0.05) is 31.0 Å². The first kappa shape index (κ1) is 16.1. The Morgan fingerprint density at radius 2 is 1.96 bits per heavy atom. The van der Waals surface area contributed by atoms with Crippen molar-refractivity contribution < 1.29 is 4.79 Å². The van der Waals surface area contributed by atoms with Crippen molar-refractivity contribution in [2.24, 2.45) is 0 Å². The van der Waals surface area contributed by atoms with Crippen molar-refractivity contribution >= 4 is 11.6 Å². The largest absolute Gasteiger partial charge is 0.371 e. The molecule has 2 aliphatic rings. The van der Waals surface area contributed by atoms with Gasteiger partial charge in [-0.2, -0.15) is 0 Å². The number of benzene rings is 1. The lowest BCUT2D eigenvalue weighted by Crippen LogP contribution is -2.53. The number of amides is 1. The van der Waals surface area contributed by atoms with Gasteiger partial charge in [-0.15, -0.1) is 10.2 Å². The highest BCUT2D eigenvalue weighted by Crippen LogP contribution is 2.33. The van der Waals surface area contributed by atoms with Gasteiger partial charge in [0.1, 0.15) is 17.7 Å². The number of carbonyl (C=O) groups is 1. The van der Waals surface area contributed by atoms with Crippen LogP contribution in [0.5, 0.6) is 0 Å². The number of hydrogen-bond acceptors (Lipinski definition) is 4. The van der Waals surface area contributed by atoms with Crippen LogP contribution in [0.1, 0.15) is 44.3 Å². The number of rotatable bonds is 4. The molecular weight excluding hydrogens is 314 g/mol. The summed E-state index contributed by atoms with van der Waals surface area (Å²) in [7, 11) is 0. The topological polar surface area (TPSA) is 71.8 Å². The van der Waals surface area contributed by atoms with Gasteiger partial charge in [0.2, 0.25) is 5.91 Å². The third-order valence-electron chi connectivity index (χ3n) is 5.51. The third-order valence-corrected chi connectivity index (χ3v) is 5.51. The summed E-state index contributed by atoms with van der Waals surface area (Å²) < 4.78 is 2.10. The molecule has 6 heteroatoms. The van der Waals surface area contributed by atoms with E-state index in [9.17, 15) is 4.79 Å². The summed E-state index contributed by atoms with van der Waals surface area (Å²) in [5, 5.41) is 15.0. The SMILES string of the molecule is O=C(NC1CCc2nncn2CC1)C1(Nc2ccccc2)CCCC1. The van der Waals surface area contributed by atoms with Crippen LogP contribution in [-0.4, -0.2) is 32.3 Å². The Labute approximate surface area is 148 Å². The Morgan fingerprint density at radius 1 is 1.16 bits per heavy atom. The van der Waals surface area contributed by atoms with Gasteiger partial charge >= 0.3 is 0 Å². The average molecular weight is 339 g/mol. The molecule has 4 rings (SSSR count). The van der Waals surface area contributed by atoms with Crippen LogP contribution in [0.25, 0.3) is 0 Å². The molecule has 1 amide bonds. The van der Waals surface area contributed by atoms with Gasteiger partial charge in [0, 0.05) is 24.7 Å². The Kier molecular flexibility index (Phi) is 4.42. The van der Waals surface area contributed by atoms with Gasteiger partial charge in [0.05, 0.1) is 0 Å². The molecule has 2 aromatic rings. The zero-order valence-electron chi connectivity index (χ0n) is 14.4. The first-order valence-electron chi connectivity index (χ1n) is 9.26. The van der Waals surface area contributed by atoms with E-state index in [1.165, 1.54) is 0 Å². The van der Waals surface area contributed by atoms with Crippen LogP contribution in [0, 0.1) is 0 Å². The normalized spacial score (nSPS) is 22.0. The number of anilines is 1. The highest BCUT2D eigenvalue weighted by Gasteiger charge is 2.41. The molecule has 0 saturated heterocycles. The number of carbonyl (C=O) groups excluding carboxylic acids is 1. The molecule has 1 aliphatic heterocycles. The van der Waals surface area contributed by atoms with E-state index < -0.39 is 5.54 Å². The molecule has 132 valence electrons. The van der Waals surface area contributed by atoms with Crippen LogP contribution < -0.4 is 10.6 Å². The number of nitrogens with zero attached hydrogens (tertiary/aromatic N) is 3. The Morgan fingerprint density at radius 3 is 2.76 bits per heavy atom. The Balaban J connectivity index is 1.44. The van der Waals surface area contributed by atoms with Crippen LogP contribution >= 0.6 is 0 Å². The van der Waals surface area contributed by atoms with Crippen LogP contribution in [0.2, 0.25) is 0 Å². The maximum atomic E-state index is 13.2. The van der Waals surface area contributed by atoms with E-state index in [0.717, 1.165) is 63.0 Å². The molecule has 6 nitrogen and oxygen atoms in total. The monoisotopic (exact) mass is 339 g/mol. The maximum Gasteiger partial charge on any atom is 0.245 e. The molecule has 1 aliphatic carbocycles. The van der Waals surface area contributed by atoms with E-state index in [1.807, 2.05) is 30.3 Å².